The molecule has 1 aromatic carbocycles. The molecule has 161 valence electrons. The average Bonchev–Trinajstić information content (AvgIpc) is 2.93. The predicted octanol–water partition coefficient (Wildman–Crippen LogP) is 2.81. The van der Waals surface area contributed by atoms with Crippen molar-refractivity contribution in [3.63, 3.8) is 0 Å². The Morgan fingerprint density at radius 1 is 1.27 bits per heavy atom. The van der Waals surface area contributed by atoms with E-state index in [9.17, 15) is 20.1 Å². The number of unbranched alkanes of at least 4 members (excludes halogenated alkanes) is 1. The summed E-state index contributed by atoms with van der Waals surface area (Å²) < 4.78 is 5.51. The molecule has 0 unspecified atom stereocenters. The summed E-state index contributed by atoms with van der Waals surface area (Å²) in [5.41, 5.74) is 0. The number of carboxylic acid groups (broad SMARTS) is 1. The summed E-state index contributed by atoms with van der Waals surface area (Å²) in [7, 11) is 0. The average molecular weight is 448 g/mol. The van der Waals surface area contributed by atoms with Gasteiger partial charge in [-0.25, -0.2) is 0 Å². The number of carboxylic acids is 1. The first-order valence-corrected chi connectivity index (χ1v) is 10.2. The SMILES string of the molecule is O=C(O)CCC/C=C/C[C@H]1[C@H](C=C[C@H](O)COc2cccc(Cl)c2)[C@@H](O)C[C@H]1O.[Na]. The van der Waals surface area contributed by atoms with Gasteiger partial charge in [0.05, 0.1) is 12.2 Å². The molecule has 5 atom stereocenters. The normalized spacial score (nSPS) is 24.8. The van der Waals surface area contributed by atoms with E-state index in [0.717, 1.165) is 0 Å². The number of rotatable bonds is 11. The van der Waals surface area contributed by atoms with Gasteiger partial charge < -0.3 is 25.2 Å². The van der Waals surface area contributed by atoms with Gasteiger partial charge in [0.25, 0.3) is 0 Å². The van der Waals surface area contributed by atoms with E-state index in [-0.39, 0.29) is 54.4 Å². The van der Waals surface area contributed by atoms with Gasteiger partial charge in [-0.3, -0.25) is 4.79 Å². The van der Waals surface area contributed by atoms with Crippen molar-refractivity contribution < 1.29 is 30.0 Å². The second kappa shape index (κ2) is 14.2. The van der Waals surface area contributed by atoms with Gasteiger partial charge in [-0.05, 0) is 43.4 Å². The number of carbonyl (C=O) groups is 1. The van der Waals surface area contributed by atoms with Gasteiger partial charge in [0, 0.05) is 53.3 Å². The van der Waals surface area contributed by atoms with E-state index in [1.165, 1.54) is 0 Å². The van der Waals surface area contributed by atoms with Crippen LogP contribution in [-0.2, 0) is 4.79 Å². The summed E-state index contributed by atoms with van der Waals surface area (Å²) in [5, 5.41) is 39.8. The van der Waals surface area contributed by atoms with E-state index in [2.05, 4.69) is 0 Å². The van der Waals surface area contributed by atoms with E-state index >= 15 is 0 Å². The van der Waals surface area contributed by atoms with Crippen molar-refractivity contribution in [2.24, 2.45) is 11.8 Å². The van der Waals surface area contributed by atoms with Crippen LogP contribution in [0.3, 0.4) is 0 Å². The number of ether oxygens (including phenoxy) is 1. The van der Waals surface area contributed by atoms with Crippen molar-refractivity contribution >= 4 is 47.1 Å². The molecule has 30 heavy (non-hydrogen) atoms. The van der Waals surface area contributed by atoms with Crippen molar-refractivity contribution in [1.29, 1.82) is 0 Å². The number of aliphatic hydroxyl groups is 3. The van der Waals surface area contributed by atoms with Gasteiger partial charge >= 0.3 is 5.97 Å². The molecule has 4 N–H and O–H groups in total. The molecule has 0 bridgehead atoms. The molecule has 6 nitrogen and oxygen atoms in total. The number of hydrogen-bond donors (Lipinski definition) is 4. The number of aliphatic carboxylic acids is 1. The fourth-order valence-electron chi connectivity index (χ4n) is 3.50. The third kappa shape index (κ3) is 9.52. The van der Waals surface area contributed by atoms with Crippen LogP contribution in [0.2, 0.25) is 5.02 Å². The van der Waals surface area contributed by atoms with Gasteiger partial charge in [-0.1, -0.05) is 42.0 Å². The summed E-state index contributed by atoms with van der Waals surface area (Å²) >= 11 is 5.90. The molecule has 1 saturated carbocycles. The van der Waals surface area contributed by atoms with Crippen molar-refractivity contribution in [2.45, 2.75) is 50.4 Å². The molecular formula is C22H29ClNaO6. The van der Waals surface area contributed by atoms with Crippen LogP contribution >= 0.6 is 11.6 Å². The van der Waals surface area contributed by atoms with Crippen LogP contribution in [0.5, 0.6) is 5.75 Å². The first-order chi connectivity index (χ1) is 13.9. The van der Waals surface area contributed by atoms with Gasteiger partial charge in [-0.2, -0.15) is 0 Å². The molecule has 1 aromatic rings. The molecule has 8 heteroatoms. The fraction of sp³-hybridized carbons (Fsp3) is 0.500. The second-order valence-corrected chi connectivity index (χ2v) is 7.76. The minimum Gasteiger partial charge on any atom is -0.491 e. The van der Waals surface area contributed by atoms with E-state index < -0.39 is 24.3 Å². The molecule has 1 aliphatic rings. The van der Waals surface area contributed by atoms with E-state index in [0.29, 0.717) is 36.5 Å². The predicted molar refractivity (Wildman–Crippen MR) is 117 cm³/mol. The Kier molecular flexibility index (Phi) is 12.9. The third-order valence-corrected chi connectivity index (χ3v) is 5.26. The van der Waals surface area contributed by atoms with E-state index in [1.807, 2.05) is 12.2 Å². The molecule has 0 amide bonds. The molecule has 0 aromatic heterocycles. The first kappa shape index (κ1) is 27.2. The molecule has 2 rings (SSSR count). The standard InChI is InChI=1S/C22H29ClO6.Na/c23-15-6-5-7-17(12-15)29-14-16(24)10-11-19-18(20(25)13-21(19)26)8-3-1-2-4-9-22(27)28;/h1,3,5-7,10-12,16,18-21,24-26H,2,4,8-9,13-14H2,(H,27,28);/b3-1+,11-10?;/t16-,18-,19-,20+,21-;/m0./s1. The largest absolute Gasteiger partial charge is 0.491 e. The van der Waals surface area contributed by atoms with Crippen LogP contribution < -0.4 is 4.74 Å². The molecule has 1 fully saturated rings. The van der Waals surface area contributed by atoms with Crippen LogP contribution in [0.4, 0.5) is 0 Å². The van der Waals surface area contributed by atoms with Gasteiger partial charge in [-0.15, -0.1) is 0 Å². The van der Waals surface area contributed by atoms with Gasteiger partial charge in [0.1, 0.15) is 18.5 Å². The molecule has 0 spiro atoms. The summed E-state index contributed by atoms with van der Waals surface area (Å²) in [6.07, 6.45) is 7.26. The van der Waals surface area contributed by atoms with Crippen molar-refractivity contribution in [2.75, 3.05) is 6.61 Å². The Balaban J connectivity index is 0.00000450. The van der Waals surface area contributed by atoms with Crippen molar-refractivity contribution in [1.82, 2.24) is 0 Å². The molecule has 0 heterocycles. The summed E-state index contributed by atoms with van der Waals surface area (Å²) in [6, 6.07) is 6.90. The second-order valence-electron chi connectivity index (χ2n) is 7.33. The first-order valence-electron chi connectivity index (χ1n) is 9.84. The number of aliphatic hydroxyl groups excluding tert-OH is 3. The number of allylic oxidation sites excluding steroid dienone is 2. The Hall–Kier alpha value is -0.860. The third-order valence-electron chi connectivity index (χ3n) is 5.02. The zero-order chi connectivity index (χ0) is 21.2. The smallest absolute Gasteiger partial charge is 0.303 e. The van der Waals surface area contributed by atoms with Gasteiger partial charge in [0.2, 0.25) is 0 Å². The maximum absolute atomic E-state index is 10.5. The molecule has 0 saturated heterocycles. The summed E-state index contributed by atoms with van der Waals surface area (Å²) in [5.74, 6) is -0.671. The zero-order valence-electron chi connectivity index (χ0n) is 17.2. The van der Waals surface area contributed by atoms with Crippen LogP contribution in [0.25, 0.3) is 0 Å². The number of benzene rings is 1. The molecular weight excluding hydrogens is 419 g/mol. The van der Waals surface area contributed by atoms with Gasteiger partial charge in [0.15, 0.2) is 0 Å². The van der Waals surface area contributed by atoms with Crippen molar-refractivity contribution in [3.05, 3.63) is 53.6 Å². The molecule has 1 aliphatic carbocycles. The summed E-state index contributed by atoms with van der Waals surface area (Å²) in [4.78, 5) is 10.5. The van der Waals surface area contributed by atoms with E-state index in [4.69, 9.17) is 21.4 Å². The monoisotopic (exact) mass is 447 g/mol. The Morgan fingerprint density at radius 2 is 2.03 bits per heavy atom. The maximum Gasteiger partial charge on any atom is 0.303 e. The van der Waals surface area contributed by atoms with Crippen LogP contribution in [-0.4, -0.2) is 80.9 Å². The Morgan fingerprint density at radius 3 is 2.73 bits per heavy atom. The topological polar surface area (TPSA) is 107 Å². The number of hydrogen-bond acceptors (Lipinski definition) is 5. The fourth-order valence-corrected chi connectivity index (χ4v) is 3.68. The molecule has 1 radical (unpaired) electrons. The molecule has 0 aliphatic heterocycles. The van der Waals surface area contributed by atoms with Crippen LogP contribution in [0.1, 0.15) is 32.1 Å². The van der Waals surface area contributed by atoms with Crippen molar-refractivity contribution in [3.8, 4) is 5.75 Å². The Labute approximate surface area is 204 Å². The maximum atomic E-state index is 10.5. The zero-order valence-corrected chi connectivity index (χ0v) is 20.0. The van der Waals surface area contributed by atoms with E-state index in [1.54, 1.807) is 36.4 Å². The minimum absolute atomic E-state index is 0. The Bertz CT molecular complexity index is 711. The summed E-state index contributed by atoms with van der Waals surface area (Å²) in [6.45, 7) is 0.0519. The number of halogens is 1. The van der Waals surface area contributed by atoms with Crippen LogP contribution in [0.15, 0.2) is 48.6 Å². The quantitative estimate of drug-likeness (QED) is 0.236. The minimum atomic E-state index is -0.855. The van der Waals surface area contributed by atoms with Crippen LogP contribution in [0, 0.1) is 11.8 Å².